The molecule has 29 heavy (non-hydrogen) atoms. The molecule has 0 unspecified atom stereocenters. The number of hydrogen-bond donors (Lipinski definition) is 1. The van der Waals surface area contributed by atoms with Gasteiger partial charge in [-0.25, -0.2) is 4.39 Å². The Balaban J connectivity index is 2.13. The Labute approximate surface area is 169 Å². The summed E-state index contributed by atoms with van der Waals surface area (Å²) in [5.41, 5.74) is 6.18. The number of nitrogens with two attached hydrogens (primary N) is 1. The van der Waals surface area contributed by atoms with Gasteiger partial charge < -0.3 is 20.1 Å². The molecule has 0 aliphatic carbocycles. The number of benzene rings is 2. The number of halogens is 1. The van der Waals surface area contributed by atoms with E-state index < -0.39 is 5.91 Å². The molecule has 2 amide bonds. The Bertz CT molecular complexity index is 911. The summed E-state index contributed by atoms with van der Waals surface area (Å²) in [4.78, 5) is 24.9. The lowest BCUT2D eigenvalue weighted by Gasteiger charge is -2.20. The maximum atomic E-state index is 13.9. The van der Waals surface area contributed by atoms with Crippen molar-refractivity contribution in [3.63, 3.8) is 0 Å². The molecule has 6 nitrogen and oxygen atoms in total. The second-order valence-corrected chi connectivity index (χ2v) is 6.10. The first-order chi connectivity index (χ1) is 13.9. The zero-order valence-corrected chi connectivity index (χ0v) is 16.1. The minimum absolute atomic E-state index is 0.130. The lowest BCUT2D eigenvalue weighted by atomic mass is 10.1. The molecular formula is C22H23FN2O4. The predicted octanol–water partition coefficient (Wildman–Crippen LogP) is 2.93. The first-order valence-electron chi connectivity index (χ1n) is 8.85. The van der Waals surface area contributed by atoms with E-state index in [0.717, 1.165) is 0 Å². The molecule has 0 radical (unpaired) electrons. The van der Waals surface area contributed by atoms with E-state index in [1.165, 1.54) is 24.2 Å². The van der Waals surface area contributed by atoms with Crippen molar-refractivity contribution in [3.8, 4) is 11.5 Å². The van der Waals surface area contributed by atoms with Gasteiger partial charge in [0.05, 0.1) is 7.11 Å². The number of carbonyl (C=O) groups is 2. The van der Waals surface area contributed by atoms with Gasteiger partial charge in [-0.3, -0.25) is 9.59 Å². The molecule has 0 spiro atoms. The number of amides is 2. The van der Waals surface area contributed by atoms with Crippen LogP contribution in [0.4, 0.5) is 4.39 Å². The van der Waals surface area contributed by atoms with Crippen molar-refractivity contribution >= 4 is 17.9 Å². The van der Waals surface area contributed by atoms with E-state index in [0.29, 0.717) is 22.6 Å². The smallest absolute Gasteiger partial charge is 0.255 e. The largest absolute Gasteiger partial charge is 0.493 e. The van der Waals surface area contributed by atoms with Crippen molar-refractivity contribution < 1.29 is 23.5 Å². The molecular weight excluding hydrogens is 375 g/mol. The first kappa shape index (κ1) is 21.7. The molecule has 0 aromatic heterocycles. The van der Waals surface area contributed by atoms with Gasteiger partial charge >= 0.3 is 0 Å². The lowest BCUT2D eigenvalue weighted by molar-refractivity contribution is -0.126. The molecule has 2 rings (SSSR count). The number of hydrogen-bond acceptors (Lipinski definition) is 4. The second kappa shape index (κ2) is 10.7. The van der Waals surface area contributed by atoms with Gasteiger partial charge in [0.1, 0.15) is 5.82 Å². The van der Waals surface area contributed by atoms with Crippen LogP contribution in [0.2, 0.25) is 0 Å². The van der Waals surface area contributed by atoms with Crippen LogP contribution in [0.5, 0.6) is 11.5 Å². The van der Waals surface area contributed by atoms with Gasteiger partial charge in [0.2, 0.25) is 5.91 Å². The number of methoxy groups -OCH3 is 1. The van der Waals surface area contributed by atoms with Gasteiger partial charge in [-0.05, 0) is 29.8 Å². The van der Waals surface area contributed by atoms with Crippen LogP contribution in [0.15, 0.2) is 61.2 Å². The van der Waals surface area contributed by atoms with E-state index >= 15 is 0 Å². The van der Waals surface area contributed by atoms with E-state index in [2.05, 4.69) is 6.58 Å². The maximum Gasteiger partial charge on any atom is 0.255 e. The zero-order chi connectivity index (χ0) is 21.2. The third-order valence-corrected chi connectivity index (χ3v) is 3.96. The normalized spacial score (nSPS) is 10.6. The Morgan fingerprint density at radius 1 is 1.21 bits per heavy atom. The molecule has 2 aromatic carbocycles. The van der Waals surface area contributed by atoms with Crippen LogP contribution in [0, 0.1) is 5.82 Å². The SMILES string of the molecule is C=CCN(Cc1ccccc1F)C(=O)C=Cc1ccc(OCC(N)=O)c(OC)c1. The predicted molar refractivity (Wildman–Crippen MR) is 109 cm³/mol. The van der Waals surface area contributed by atoms with Gasteiger partial charge in [-0.1, -0.05) is 30.3 Å². The van der Waals surface area contributed by atoms with Crippen molar-refractivity contribution in [1.29, 1.82) is 0 Å². The van der Waals surface area contributed by atoms with E-state index in [9.17, 15) is 14.0 Å². The minimum Gasteiger partial charge on any atom is -0.493 e. The first-order valence-corrected chi connectivity index (χ1v) is 8.85. The molecule has 0 heterocycles. The van der Waals surface area contributed by atoms with E-state index in [1.54, 1.807) is 48.6 Å². The van der Waals surface area contributed by atoms with E-state index in [-0.39, 0.29) is 31.4 Å². The Morgan fingerprint density at radius 3 is 2.62 bits per heavy atom. The van der Waals surface area contributed by atoms with Crippen molar-refractivity contribution in [3.05, 3.63) is 78.1 Å². The topological polar surface area (TPSA) is 81.9 Å². The highest BCUT2D eigenvalue weighted by Gasteiger charge is 2.12. The van der Waals surface area contributed by atoms with E-state index in [4.69, 9.17) is 15.2 Å². The highest BCUT2D eigenvalue weighted by atomic mass is 19.1. The van der Waals surface area contributed by atoms with Gasteiger partial charge in [0.25, 0.3) is 5.91 Å². The van der Waals surface area contributed by atoms with Crippen molar-refractivity contribution in [2.75, 3.05) is 20.3 Å². The molecule has 0 saturated carbocycles. The summed E-state index contributed by atoms with van der Waals surface area (Å²) in [5.74, 6) is -0.493. The summed E-state index contributed by atoms with van der Waals surface area (Å²) >= 11 is 0. The summed E-state index contributed by atoms with van der Waals surface area (Å²) in [6, 6.07) is 11.3. The summed E-state index contributed by atoms with van der Waals surface area (Å²) in [6.07, 6.45) is 4.59. The maximum absolute atomic E-state index is 13.9. The van der Waals surface area contributed by atoms with Crippen LogP contribution in [-0.2, 0) is 16.1 Å². The second-order valence-electron chi connectivity index (χ2n) is 6.10. The lowest BCUT2D eigenvalue weighted by Crippen LogP contribution is -2.29. The zero-order valence-electron chi connectivity index (χ0n) is 16.1. The van der Waals surface area contributed by atoms with E-state index in [1.807, 2.05) is 0 Å². The van der Waals surface area contributed by atoms with Gasteiger partial charge in [-0.2, -0.15) is 0 Å². The quantitative estimate of drug-likeness (QED) is 0.493. The molecule has 0 fully saturated rings. The van der Waals surface area contributed by atoms with Crippen LogP contribution in [-0.4, -0.2) is 37.0 Å². The number of primary amides is 1. The minimum atomic E-state index is -0.598. The molecule has 2 N–H and O–H groups in total. The monoisotopic (exact) mass is 398 g/mol. The molecule has 0 aliphatic rings. The molecule has 0 saturated heterocycles. The van der Waals surface area contributed by atoms with Gasteiger partial charge in [0.15, 0.2) is 18.1 Å². The molecule has 0 atom stereocenters. The summed E-state index contributed by atoms with van der Waals surface area (Å²) < 4.78 is 24.4. The van der Waals surface area contributed by atoms with Crippen molar-refractivity contribution in [2.45, 2.75) is 6.54 Å². The van der Waals surface area contributed by atoms with Crippen LogP contribution < -0.4 is 15.2 Å². The molecule has 7 heteroatoms. The summed E-state index contributed by atoms with van der Waals surface area (Å²) in [7, 11) is 1.46. The fourth-order valence-corrected chi connectivity index (χ4v) is 2.55. The number of ether oxygens (including phenoxy) is 2. The number of rotatable bonds is 10. The molecule has 0 aliphatic heterocycles. The summed E-state index contributed by atoms with van der Waals surface area (Å²) in [5, 5.41) is 0. The fraction of sp³-hybridized carbons (Fsp3) is 0.182. The third-order valence-electron chi connectivity index (χ3n) is 3.96. The molecule has 2 aromatic rings. The average Bonchev–Trinajstić information content (AvgIpc) is 2.71. The van der Waals surface area contributed by atoms with Gasteiger partial charge in [-0.15, -0.1) is 6.58 Å². The van der Waals surface area contributed by atoms with Crippen LogP contribution in [0.3, 0.4) is 0 Å². The van der Waals surface area contributed by atoms with Crippen LogP contribution in [0.1, 0.15) is 11.1 Å². The van der Waals surface area contributed by atoms with Crippen molar-refractivity contribution in [1.82, 2.24) is 4.90 Å². The third kappa shape index (κ3) is 6.49. The standard InChI is InChI=1S/C22H23FN2O4/c1-3-12-25(14-17-6-4-5-7-18(17)23)22(27)11-9-16-8-10-19(20(13-16)28-2)29-15-21(24)26/h3-11,13H,1,12,14-15H2,2H3,(H2,24,26). The average molecular weight is 398 g/mol. The highest BCUT2D eigenvalue weighted by Crippen LogP contribution is 2.28. The molecule has 0 bridgehead atoms. The number of nitrogens with zero attached hydrogens (tertiary/aromatic N) is 1. The Morgan fingerprint density at radius 2 is 1.97 bits per heavy atom. The van der Waals surface area contributed by atoms with Crippen molar-refractivity contribution in [2.24, 2.45) is 5.73 Å². The Hall–Kier alpha value is -3.61. The fourth-order valence-electron chi connectivity index (χ4n) is 2.55. The van der Waals surface area contributed by atoms with Crippen LogP contribution in [0.25, 0.3) is 6.08 Å². The highest BCUT2D eigenvalue weighted by molar-refractivity contribution is 5.92. The van der Waals surface area contributed by atoms with Crippen LogP contribution >= 0.6 is 0 Å². The Kier molecular flexibility index (Phi) is 7.97. The molecule has 152 valence electrons. The summed E-state index contributed by atoms with van der Waals surface area (Å²) in [6.45, 7) is 3.79. The number of carbonyl (C=O) groups excluding carboxylic acids is 2. The van der Waals surface area contributed by atoms with Gasteiger partial charge in [0, 0.05) is 24.7 Å².